The highest BCUT2D eigenvalue weighted by Crippen LogP contribution is 2.48. The first kappa shape index (κ1) is 23.2. The van der Waals surface area contributed by atoms with Gasteiger partial charge in [-0.05, 0) is 56.7 Å². The van der Waals surface area contributed by atoms with Crippen LogP contribution in [-0.4, -0.2) is 63.8 Å². The molecule has 2 unspecified atom stereocenters. The lowest BCUT2D eigenvalue weighted by Crippen LogP contribution is -2.53. The van der Waals surface area contributed by atoms with Crippen molar-refractivity contribution in [1.82, 2.24) is 14.7 Å². The molecule has 5 rings (SSSR count). The number of hydrogen-bond donors (Lipinski definition) is 0. The standard InChI is InChI=1S/C25H29F3N4O2/c1-13-4-16(6-18(5-13)25(26,27)28)15(3)31-20-9-22(24(31)34)30(12-20)11-14(2)23(33)32-19(10-29)7-17-8-21(17)32/h4-6,14-15,17,19-22H,7-9,11-12H2,1-3H3/t14-,15+,17+,19-,20?,21?,22+/m0/s1. The average Bonchev–Trinajstić information content (AvgIpc) is 3.11. The maximum absolute atomic E-state index is 13.3. The number of rotatable bonds is 5. The highest BCUT2D eigenvalue weighted by Gasteiger charge is 2.56. The summed E-state index contributed by atoms with van der Waals surface area (Å²) >= 11 is 0. The molecule has 0 aromatic heterocycles. The van der Waals surface area contributed by atoms with Crippen LogP contribution in [0.5, 0.6) is 0 Å². The summed E-state index contributed by atoms with van der Waals surface area (Å²) in [5, 5.41) is 9.40. The van der Waals surface area contributed by atoms with Crippen LogP contribution in [-0.2, 0) is 15.8 Å². The second kappa shape index (κ2) is 7.98. The van der Waals surface area contributed by atoms with Crippen LogP contribution in [0.25, 0.3) is 0 Å². The molecule has 0 N–H and O–H groups in total. The molecule has 34 heavy (non-hydrogen) atoms. The quantitative estimate of drug-likeness (QED) is 0.655. The molecule has 1 aliphatic carbocycles. The predicted octanol–water partition coefficient (Wildman–Crippen LogP) is 3.51. The van der Waals surface area contributed by atoms with Crippen LogP contribution >= 0.6 is 0 Å². The number of piperidine rings is 1. The van der Waals surface area contributed by atoms with Crippen LogP contribution in [0.2, 0.25) is 0 Å². The van der Waals surface area contributed by atoms with Gasteiger partial charge in [-0.1, -0.05) is 18.6 Å². The number of carbonyl (C=O) groups is 2. The van der Waals surface area contributed by atoms with Crippen LogP contribution in [0.1, 0.15) is 55.8 Å². The van der Waals surface area contributed by atoms with Gasteiger partial charge < -0.3 is 9.80 Å². The van der Waals surface area contributed by atoms with Gasteiger partial charge in [0.1, 0.15) is 6.04 Å². The van der Waals surface area contributed by atoms with E-state index in [1.165, 1.54) is 0 Å². The number of nitrogens with zero attached hydrogens (tertiary/aromatic N) is 4. The molecule has 2 bridgehead atoms. The van der Waals surface area contributed by atoms with Gasteiger partial charge in [0, 0.05) is 31.1 Å². The molecule has 3 heterocycles. The summed E-state index contributed by atoms with van der Waals surface area (Å²) in [6, 6.07) is 5.18. The van der Waals surface area contributed by atoms with Crippen molar-refractivity contribution in [3.63, 3.8) is 0 Å². The zero-order valence-corrected chi connectivity index (χ0v) is 19.5. The van der Waals surface area contributed by atoms with Crippen molar-refractivity contribution >= 4 is 11.8 Å². The molecule has 182 valence electrons. The molecule has 1 aromatic carbocycles. The van der Waals surface area contributed by atoms with E-state index in [9.17, 15) is 28.0 Å². The van der Waals surface area contributed by atoms with Crippen molar-refractivity contribution in [2.75, 3.05) is 13.1 Å². The molecule has 7 atom stereocenters. The maximum Gasteiger partial charge on any atom is 0.416 e. The molecular weight excluding hydrogens is 445 g/mol. The largest absolute Gasteiger partial charge is 0.416 e. The van der Waals surface area contributed by atoms with E-state index in [1.807, 2.05) is 11.8 Å². The molecule has 1 aromatic rings. The van der Waals surface area contributed by atoms with Crippen molar-refractivity contribution in [1.29, 1.82) is 5.26 Å². The third kappa shape index (κ3) is 3.76. The first-order valence-electron chi connectivity index (χ1n) is 12.0. The van der Waals surface area contributed by atoms with Crippen molar-refractivity contribution < 1.29 is 22.8 Å². The van der Waals surface area contributed by atoms with Gasteiger partial charge in [0.05, 0.1) is 23.7 Å². The lowest BCUT2D eigenvalue weighted by Gasteiger charge is -2.39. The Morgan fingerprint density at radius 2 is 1.94 bits per heavy atom. The fourth-order valence-corrected chi connectivity index (χ4v) is 6.35. The SMILES string of the molecule is Cc1cc([C@@H](C)N2C(=O)[C@H]3CC2CN3C[C@H](C)C(=O)N2C3C[C@H]3C[C@H]2C#N)cc(C(F)(F)F)c1. The summed E-state index contributed by atoms with van der Waals surface area (Å²) in [5.41, 5.74) is 0.299. The lowest BCUT2D eigenvalue weighted by atomic mass is 9.99. The molecule has 4 aliphatic rings. The summed E-state index contributed by atoms with van der Waals surface area (Å²) in [6.07, 6.45) is -2.08. The molecule has 6 nitrogen and oxygen atoms in total. The first-order chi connectivity index (χ1) is 16.0. The van der Waals surface area contributed by atoms with E-state index in [-0.39, 0.29) is 41.9 Å². The number of benzene rings is 1. The number of halogens is 3. The third-order valence-electron chi connectivity index (χ3n) is 8.08. The highest BCUT2D eigenvalue weighted by atomic mass is 19.4. The Balaban J connectivity index is 1.26. The molecule has 0 radical (unpaired) electrons. The Morgan fingerprint density at radius 3 is 2.59 bits per heavy atom. The van der Waals surface area contributed by atoms with E-state index >= 15 is 0 Å². The summed E-state index contributed by atoms with van der Waals surface area (Å²) < 4.78 is 39.9. The number of likely N-dealkylation sites (tertiary alicyclic amines) is 3. The summed E-state index contributed by atoms with van der Waals surface area (Å²) in [5.74, 6) is 0.0345. The van der Waals surface area contributed by atoms with Gasteiger partial charge in [0.2, 0.25) is 11.8 Å². The summed E-state index contributed by atoms with van der Waals surface area (Å²) in [6.45, 7) is 6.32. The molecule has 9 heteroatoms. The summed E-state index contributed by atoms with van der Waals surface area (Å²) in [4.78, 5) is 31.9. The van der Waals surface area contributed by atoms with Crippen LogP contribution in [0.15, 0.2) is 18.2 Å². The maximum atomic E-state index is 13.3. The molecular formula is C25H29F3N4O2. The second-order valence-corrected chi connectivity index (χ2v) is 10.5. The Hall–Kier alpha value is -2.60. The Morgan fingerprint density at radius 1 is 1.21 bits per heavy atom. The van der Waals surface area contributed by atoms with Gasteiger partial charge >= 0.3 is 6.18 Å². The van der Waals surface area contributed by atoms with Crippen LogP contribution in [0.3, 0.4) is 0 Å². The number of piperazine rings is 1. The van der Waals surface area contributed by atoms with Gasteiger partial charge in [-0.15, -0.1) is 0 Å². The molecule has 3 aliphatic heterocycles. The highest BCUT2D eigenvalue weighted by molar-refractivity contribution is 5.86. The zero-order chi connectivity index (χ0) is 24.5. The Kier molecular flexibility index (Phi) is 5.43. The van der Waals surface area contributed by atoms with E-state index in [1.54, 1.807) is 29.7 Å². The Labute approximate surface area is 197 Å². The van der Waals surface area contributed by atoms with E-state index in [0.717, 1.165) is 25.0 Å². The average molecular weight is 475 g/mol. The van der Waals surface area contributed by atoms with Crippen LogP contribution < -0.4 is 0 Å². The number of hydrogen-bond acceptors (Lipinski definition) is 4. The number of alkyl halides is 3. The van der Waals surface area contributed by atoms with Crippen molar-refractivity contribution in [3.05, 3.63) is 34.9 Å². The smallest absolute Gasteiger partial charge is 0.330 e. The number of fused-ring (bicyclic) bond motifs is 3. The minimum absolute atomic E-state index is 0.0172. The number of amides is 2. The van der Waals surface area contributed by atoms with Crippen molar-refractivity contribution in [3.8, 4) is 6.07 Å². The molecule has 0 spiro atoms. The van der Waals surface area contributed by atoms with Gasteiger partial charge in [-0.2, -0.15) is 18.4 Å². The van der Waals surface area contributed by atoms with Gasteiger partial charge in [0.15, 0.2) is 0 Å². The zero-order valence-electron chi connectivity index (χ0n) is 19.5. The van der Waals surface area contributed by atoms with E-state index in [0.29, 0.717) is 36.6 Å². The predicted molar refractivity (Wildman–Crippen MR) is 117 cm³/mol. The first-order valence-corrected chi connectivity index (χ1v) is 12.0. The molecule has 2 amide bonds. The third-order valence-corrected chi connectivity index (χ3v) is 8.08. The van der Waals surface area contributed by atoms with Gasteiger partial charge in [-0.3, -0.25) is 14.5 Å². The Bertz CT molecular complexity index is 1070. The van der Waals surface area contributed by atoms with E-state index in [2.05, 4.69) is 6.07 Å². The number of carbonyl (C=O) groups excluding carboxylic acids is 2. The minimum Gasteiger partial charge on any atom is -0.330 e. The van der Waals surface area contributed by atoms with Crippen LogP contribution in [0, 0.1) is 30.1 Å². The van der Waals surface area contributed by atoms with E-state index < -0.39 is 17.8 Å². The van der Waals surface area contributed by atoms with Crippen LogP contribution in [0.4, 0.5) is 13.2 Å². The van der Waals surface area contributed by atoms with Crippen molar-refractivity contribution in [2.24, 2.45) is 11.8 Å². The molecule has 4 fully saturated rings. The monoisotopic (exact) mass is 474 g/mol. The molecule has 3 saturated heterocycles. The minimum atomic E-state index is -4.44. The topological polar surface area (TPSA) is 67.7 Å². The second-order valence-electron chi connectivity index (χ2n) is 10.5. The normalized spacial score (nSPS) is 32.0. The fourth-order valence-electron chi connectivity index (χ4n) is 6.35. The number of aryl methyl sites for hydroxylation is 1. The molecule has 1 saturated carbocycles. The van der Waals surface area contributed by atoms with Gasteiger partial charge in [-0.25, -0.2) is 0 Å². The van der Waals surface area contributed by atoms with E-state index in [4.69, 9.17) is 0 Å². The number of nitriles is 1. The lowest BCUT2D eigenvalue weighted by molar-refractivity contribution is -0.142. The van der Waals surface area contributed by atoms with Crippen molar-refractivity contribution in [2.45, 2.75) is 76.4 Å². The summed E-state index contributed by atoms with van der Waals surface area (Å²) in [7, 11) is 0. The fraction of sp³-hybridized carbons (Fsp3) is 0.640. The van der Waals surface area contributed by atoms with Gasteiger partial charge in [0.25, 0.3) is 0 Å².